The molecule has 0 spiro atoms. The second-order valence-electron chi connectivity index (χ2n) is 7.88. The molecule has 0 aliphatic rings. The van der Waals surface area contributed by atoms with E-state index in [9.17, 15) is 9.59 Å². The minimum absolute atomic E-state index is 0.182. The topological polar surface area (TPSA) is 58.6 Å². The molecule has 5 nitrogen and oxygen atoms in total. The molecule has 34 heavy (non-hydrogen) atoms. The van der Waals surface area contributed by atoms with Crippen molar-refractivity contribution in [3.8, 4) is 11.1 Å². The lowest BCUT2D eigenvalue weighted by atomic mass is 10.0. The summed E-state index contributed by atoms with van der Waals surface area (Å²) in [5.74, 6) is -0.653. The minimum Gasteiger partial charge on any atom is -0.465 e. The number of methoxy groups -OCH3 is 1. The Labute approximate surface area is 203 Å². The molecular formula is C28H26N2O3S. The monoisotopic (exact) mass is 470 g/mol. The van der Waals surface area contributed by atoms with Crippen LogP contribution in [0.4, 0.5) is 5.00 Å². The van der Waals surface area contributed by atoms with Gasteiger partial charge in [-0.2, -0.15) is 0 Å². The smallest absolute Gasteiger partial charge is 0.341 e. The Morgan fingerprint density at radius 1 is 0.824 bits per heavy atom. The van der Waals surface area contributed by atoms with E-state index in [4.69, 9.17) is 4.74 Å². The molecule has 4 aromatic rings. The normalized spacial score (nSPS) is 10.8. The number of rotatable bonds is 9. The lowest BCUT2D eigenvalue weighted by Crippen LogP contribution is -2.32. The first kappa shape index (κ1) is 23.4. The van der Waals surface area contributed by atoms with Crippen molar-refractivity contribution in [3.05, 3.63) is 113 Å². The van der Waals surface area contributed by atoms with Gasteiger partial charge < -0.3 is 10.1 Å². The van der Waals surface area contributed by atoms with Crippen LogP contribution in [0.1, 0.15) is 21.5 Å². The van der Waals surface area contributed by atoms with Crippen LogP contribution >= 0.6 is 11.3 Å². The van der Waals surface area contributed by atoms with Crippen molar-refractivity contribution in [2.24, 2.45) is 0 Å². The molecule has 1 heterocycles. The van der Waals surface area contributed by atoms with Crippen molar-refractivity contribution in [2.75, 3.05) is 19.0 Å². The van der Waals surface area contributed by atoms with Crippen molar-refractivity contribution in [3.63, 3.8) is 0 Å². The van der Waals surface area contributed by atoms with E-state index in [0.29, 0.717) is 23.7 Å². The summed E-state index contributed by atoms with van der Waals surface area (Å²) in [5, 5.41) is 5.33. The molecule has 0 bridgehead atoms. The summed E-state index contributed by atoms with van der Waals surface area (Å²) >= 11 is 1.33. The van der Waals surface area contributed by atoms with Crippen molar-refractivity contribution in [1.82, 2.24) is 4.90 Å². The SMILES string of the molecule is COC(=O)c1c(-c2ccccc2)csc1NC(=O)CN(Cc1ccccc1)Cc1ccccc1. The van der Waals surface area contributed by atoms with Crippen molar-refractivity contribution in [2.45, 2.75) is 13.1 Å². The van der Waals surface area contributed by atoms with E-state index in [1.165, 1.54) is 18.4 Å². The quantitative estimate of drug-likeness (QED) is 0.312. The van der Waals surface area contributed by atoms with Gasteiger partial charge in [0.25, 0.3) is 0 Å². The van der Waals surface area contributed by atoms with Gasteiger partial charge in [-0.1, -0.05) is 91.0 Å². The first-order valence-corrected chi connectivity index (χ1v) is 11.9. The average molecular weight is 471 g/mol. The number of esters is 1. The van der Waals surface area contributed by atoms with Crippen LogP contribution in [0.5, 0.6) is 0 Å². The van der Waals surface area contributed by atoms with Gasteiger partial charge >= 0.3 is 5.97 Å². The Morgan fingerprint density at radius 3 is 1.88 bits per heavy atom. The highest BCUT2D eigenvalue weighted by atomic mass is 32.1. The minimum atomic E-state index is -0.471. The summed E-state index contributed by atoms with van der Waals surface area (Å²) in [4.78, 5) is 27.8. The molecule has 1 N–H and O–H groups in total. The number of benzene rings is 3. The first-order chi connectivity index (χ1) is 16.6. The van der Waals surface area contributed by atoms with Gasteiger partial charge in [-0.25, -0.2) is 4.79 Å². The predicted octanol–water partition coefficient (Wildman–Crippen LogP) is 5.84. The van der Waals surface area contributed by atoms with Crippen LogP contribution in [-0.4, -0.2) is 30.4 Å². The Kier molecular flexibility index (Phi) is 7.86. The summed E-state index contributed by atoms with van der Waals surface area (Å²) < 4.78 is 5.02. The Morgan fingerprint density at radius 2 is 1.35 bits per heavy atom. The number of nitrogens with one attached hydrogen (secondary N) is 1. The van der Waals surface area contributed by atoms with E-state index < -0.39 is 5.97 Å². The number of hydrogen-bond donors (Lipinski definition) is 1. The molecule has 6 heteroatoms. The highest BCUT2D eigenvalue weighted by Crippen LogP contribution is 2.36. The summed E-state index contributed by atoms with van der Waals surface area (Å²) in [5.41, 5.74) is 4.28. The fraction of sp³-hybridized carbons (Fsp3) is 0.143. The number of thiophene rings is 1. The van der Waals surface area contributed by atoms with Gasteiger partial charge in [-0.3, -0.25) is 9.69 Å². The number of carbonyl (C=O) groups excluding carboxylic acids is 2. The second-order valence-corrected chi connectivity index (χ2v) is 8.76. The van der Waals surface area contributed by atoms with Gasteiger partial charge in [0.1, 0.15) is 10.6 Å². The van der Waals surface area contributed by atoms with Crippen molar-refractivity contribution in [1.29, 1.82) is 0 Å². The first-order valence-electron chi connectivity index (χ1n) is 11.0. The predicted molar refractivity (Wildman–Crippen MR) is 137 cm³/mol. The zero-order chi connectivity index (χ0) is 23.8. The van der Waals surface area contributed by atoms with E-state index in [2.05, 4.69) is 34.5 Å². The Bertz CT molecular complexity index is 1180. The molecule has 0 fully saturated rings. The van der Waals surface area contributed by atoms with E-state index in [1.807, 2.05) is 72.1 Å². The molecule has 1 amide bonds. The number of amides is 1. The fourth-order valence-corrected chi connectivity index (χ4v) is 4.78. The van der Waals surface area contributed by atoms with E-state index >= 15 is 0 Å². The van der Waals surface area contributed by atoms with Crippen molar-refractivity contribution < 1.29 is 14.3 Å². The van der Waals surface area contributed by atoms with Crippen LogP contribution < -0.4 is 5.32 Å². The maximum atomic E-state index is 13.1. The van der Waals surface area contributed by atoms with Crippen LogP contribution in [-0.2, 0) is 22.6 Å². The number of nitrogens with zero attached hydrogens (tertiary/aromatic N) is 1. The highest BCUT2D eigenvalue weighted by Gasteiger charge is 2.23. The van der Waals surface area contributed by atoms with Crippen LogP contribution in [0, 0.1) is 0 Å². The van der Waals surface area contributed by atoms with E-state index in [-0.39, 0.29) is 12.5 Å². The van der Waals surface area contributed by atoms with Gasteiger partial charge in [0.2, 0.25) is 5.91 Å². The summed E-state index contributed by atoms with van der Waals surface area (Å²) in [6.45, 7) is 1.45. The molecular weight excluding hydrogens is 444 g/mol. The molecule has 0 aliphatic carbocycles. The summed E-state index contributed by atoms with van der Waals surface area (Å²) in [6.07, 6.45) is 0. The lowest BCUT2D eigenvalue weighted by Gasteiger charge is -2.22. The largest absolute Gasteiger partial charge is 0.465 e. The van der Waals surface area contributed by atoms with Crippen LogP contribution in [0.2, 0.25) is 0 Å². The molecule has 4 rings (SSSR count). The zero-order valence-electron chi connectivity index (χ0n) is 18.9. The maximum Gasteiger partial charge on any atom is 0.341 e. The molecule has 0 atom stereocenters. The fourth-order valence-electron chi connectivity index (χ4n) is 3.80. The van der Waals surface area contributed by atoms with E-state index in [0.717, 1.165) is 22.3 Å². The van der Waals surface area contributed by atoms with Crippen molar-refractivity contribution >= 4 is 28.2 Å². The molecule has 0 saturated carbocycles. The average Bonchev–Trinajstić information content (AvgIpc) is 3.28. The maximum absolute atomic E-state index is 13.1. The second kappa shape index (κ2) is 11.4. The molecule has 3 aromatic carbocycles. The number of carbonyl (C=O) groups is 2. The molecule has 1 aromatic heterocycles. The third-order valence-electron chi connectivity index (χ3n) is 5.38. The van der Waals surface area contributed by atoms with Crippen LogP contribution in [0.15, 0.2) is 96.4 Å². The van der Waals surface area contributed by atoms with Gasteiger partial charge in [0, 0.05) is 24.0 Å². The van der Waals surface area contributed by atoms with Gasteiger partial charge in [-0.15, -0.1) is 11.3 Å². The highest BCUT2D eigenvalue weighted by molar-refractivity contribution is 7.15. The number of anilines is 1. The van der Waals surface area contributed by atoms with Gasteiger partial charge in [0.15, 0.2) is 0 Å². The molecule has 0 unspecified atom stereocenters. The zero-order valence-corrected chi connectivity index (χ0v) is 19.8. The Balaban J connectivity index is 1.54. The van der Waals surface area contributed by atoms with E-state index in [1.54, 1.807) is 0 Å². The number of ether oxygens (including phenoxy) is 1. The lowest BCUT2D eigenvalue weighted by molar-refractivity contribution is -0.117. The third-order valence-corrected chi connectivity index (χ3v) is 6.28. The van der Waals surface area contributed by atoms with Crippen LogP contribution in [0.3, 0.4) is 0 Å². The number of hydrogen-bond acceptors (Lipinski definition) is 5. The summed E-state index contributed by atoms with van der Waals surface area (Å²) in [6, 6.07) is 29.8. The Hall–Kier alpha value is -3.74. The summed E-state index contributed by atoms with van der Waals surface area (Å²) in [7, 11) is 1.35. The molecule has 0 aliphatic heterocycles. The third kappa shape index (κ3) is 5.98. The van der Waals surface area contributed by atoms with Crippen LogP contribution in [0.25, 0.3) is 11.1 Å². The molecule has 0 saturated heterocycles. The molecule has 172 valence electrons. The standard InChI is InChI=1S/C28H26N2O3S/c1-33-28(32)26-24(23-15-9-4-10-16-23)20-34-27(26)29-25(31)19-30(17-21-11-5-2-6-12-21)18-22-13-7-3-8-14-22/h2-16,20H,17-19H2,1H3,(H,29,31). The van der Waals surface area contributed by atoms with Gasteiger partial charge in [0.05, 0.1) is 13.7 Å². The molecule has 0 radical (unpaired) electrons. The van der Waals surface area contributed by atoms with Gasteiger partial charge in [-0.05, 0) is 16.7 Å².